The monoisotopic (exact) mass is 308 g/mol. The van der Waals surface area contributed by atoms with Crippen molar-refractivity contribution >= 4 is 23.2 Å². The fourth-order valence-electron chi connectivity index (χ4n) is 2.09. The molecule has 0 spiro atoms. The van der Waals surface area contributed by atoms with Gasteiger partial charge in [0.25, 0.3) is 5.91 Å². The van der Waals surface area contributed by atoms with Crippen molar-refractivity contribution in [3.05, 3.63) is 83.6 Å². The summed E-state index contributed by atoms with van der Waals surface area (Å²) >= 11 is 5.71. The van der Waals surface area contributed by atoms with Crippen LogP contribution in [0.15, 0.2) is 72.9 Å². The van der Waals surface area contributed by atoms with Gasteiger partial charge in [-0.25, -0.2) is 4.98 Å². The number of hydrogen-bond acceptors (Lipinski definition) is 2. The molecule has 3 nitrogen and oxygen atoms in total. The molecule has 1 amide bonds. The van der Waals surface area contributed by atoms with Gasteiger partial charge in [-0.15, -0.1) is 0 Å². The Morgan fingerprint density at radius 2 is 1.55 bits per heavy atom. The molecular weight excluding hydrogens is 296 g/mol. The Labute approximate surface area is 133 Å². The van der Waals surface area contributed by atoms with Gasteiger partial charge in [0, 0.05) is 11.9 Å². The lowest BCUT2D eigenvalue weighted by Gasteiger charge is -2.07. The number of benzene rings is 2. The Balaban J connectivity index is 1.73. The highest BCUT2D eigenvalue weighted by Crippen LogP contribution is 2.21. The van der Waals surface area contributed by atoms with Crippen molar-refractivity contribution in [1.82, 2.24) is 4.98 Å². The first-order chi connectivity index (χ1) is 10.7. The van der Waals surface area contributed by atoms with Crippen LogP contribution >= 0.6 is 11.6 Å². The van der Waals surface area contributed by atoms with Crippen LogP contribution in [0, 0.1) is 0 Å². The standard InChI is InChI=1S/C18H13ClN2O/c19-17-11-8-15(12-20-17)18(22)21-16-9-6-14(7-10-16)13-4-2-1-3-5-13/h1-12H,(H,21,22). The number of carbonyl (C=O) groups is 1. The molecule has 22 heavy (non-hydrogen) atoms. The maximum Gasteiger partial charge on any atom is 0.257 e. The molecule has 3 rings (SSSR count). The Bertz CT molecular complexity index is 768. The van der Waals surface area contributed by atoms with Crippen LogP contribution < -0.4 is 5.32 Å². The summed E-state index contributed by atoms with van der Waals surface area (Å²) in [6.07, 6.45) is 1.45. The Hall–Kier alpha value is -2.65. The van der Waals surface area contributed by atoms with E-state index in [2.05, 4.69) is 10.3 Å². The first-order valence-electron chi connectivity index (χ1n) is 6.81. The highest BCUT2D eigenvalue weighted by atomic mass is 35.5. The van der Waals surface area contributed by atoms with E-state index in [1.54, 1.807) is 12.1 Å². The number of halogens is 1. The number of anilines is 1. The van der Waals surface area contributed by atoms with Gasteiger partial charge in [-0.05, 0) is 35.4 Å². The average molecular weight is 309 g/mol. The summed E-state index contributed by atoms with van der Waals surface area (Å²) in [5, 5.41) is 3.20. The number of hydrogen-bond donors (Lipinski definition) is 1. The van der Waals surface area contributed by atoms with Gasteiger partial charge < -0.3 is 5.32 Å². The number of nitrogens with zero attached hydrogens (tertiary/aromatic N) is 1. The van der Waals surface area contributed by atoms with Crippen LogP contribution in [-0.2, 0) is 0 Å². The van der Waals surface area contributed by atoms with Gasteiger partial charge >= 0.3 is 0 Å². The van der Waals surface area contributed by atoms with Gasteiger partial charge in [0.2, 0.25) is 0 Å². The summed E-state index contributed by atoms with van der Waals surface area (Å²) in [4.78, 5) is 16.0. The van der Waals surface area contributed by atoms with E-state index in [9.17, 15) is 4.79 Å². The second-order valence-electron chi connectivity index (χ2n) is 4.77. The molecule has 0 aliphatic heterocycles. The Morgan fingerprint density at radius 1 is 0.864 bits per heavy atom. The van der Waals surface area contributed by atoms with Crippen LogP contribution in [0.3, 0.4) is 0 Å². The number of rotatable bonds is 3. The molecule has 0 aliphatic carbocycles. The second-order valence-corrected chi connectivity index (χ2v) is 5.15. The number of carbonyl (C=O) groups excluding carboxylic acids is 1. The number of amides is 1. The normalized spacial score (nSPS) is 10.2. The number of pyridine rings is 1. The molecule has 3 aromatic rings. The fourth-order valence-corrected chi connectivity index (χ4v) is 2.20. The van der Waals surface area contributed by atoms with Crippen molar-refractivity contribution in [2.75, 3.05) is 5.32 Å². The smallest absolute Gasteiger partial charge is 0.257 e. The molecular formula is C18H13ClN2O. The highest BCUT2D eigenvalue weighted by molar-refractivity contribution is 6.29. The highest BCUT2D eigenvalue weighted by Gasteiger charge is 2.06. The summed E-state index contributed by atoms with van der Waals surface area (Å²) in [6.45, 7) is 0. The molecule has 1 heterocycles. The number of aromatic nitrogens is 1. The zero-order valence-corrected chi connectivity index (χ0v) is 12.4. The molecule has 0 saturated heterocycles. The van der Waals surface area contributed by atoms with E-state index >= 15 is 0 Å². The molecule has 2 aromatic carbocycles. The fraction of sp³-hybridized carbons (Fsp3) is 0. The molecule has 1 aromatic heterocycles. The quantitative estimate of drug-likeness (QED) is 0.715. The van der Waals surface area contributed by atoms with Crippen LogP contribution in [0.2, 0.25) is 5.15 Å². The molecule has 4 heteroatoms. The van der Waals surface area contributed by atoms with Crippen molar-refractivity contribution in [3.8, 4) is 11.1 Å². The summed E-state index contributed by atoms with van der Waals surface area (Å²) in [7, 11) is 0. The topological polar surface area (TPSA) is 42.0 Å². The summed E-state index contributed by atoms with van der Waals surface area (Å²) in [6, 6.07) is 21.0. The van der Waals surface area contributed by atoms with E-state index in [0.717, 1.165) is 16.8 Å². The van der Waals surface area contributed by atoms with Crippen LogP contribution in [0.25, 0.3) is 11.1 Å². The minimum atomic E-state index is -0.211. The Morgan fingerprint density at radius 3 is 2.18 bits per heavy atom. The van der Waals surface area contributed by atoms with E-state index in [1.807, 2.05) is 54.6 Å². The largest absolute Gasteiger partial charge is 0.322 e. The lowest BCUT2D eigenvalue weighted by atomic mass is 10.1. The maximum absolute atomic E-state index is 12.1. The zero-order chi connectivity index (χ0) is 15.4. The van der Waals surface area contributed by atoms with E-state index in [4.69, 9.17) is 11.6 Å². The first kappa shape index (κ1) is 14.3. The van der Waals surface area contributed by atoms with E-state index < -0.39 is 0 Å². The minimum absolute atomic E-state index is 0.211. The zero-order valence-electron chi connectivity index (χ0n) is 11.7. The third-order valence-corrected chi connectivity index (χ3v) is 3.46. The lowest BCUT2D eigenvalue weighted by Crippen LogP contribution is -2.11. The molecule has 108 valence electrons. The molecule has 0 saturated carbocycles. The van der Waals surface area contributed by atoms with Crippen molar-refractivity contribution in [2.24, 2.45) is 0 Å². The maximum atomic E-state index is 12.1. The first-order valence-corrected chi connectivity index (χ1v) is 7.18. The second kappa shape index (κ2) is 6.41. The van der Waals surface area contributed by atoms with Gasteiger partial charge in [-0.3, -0.25) is 4.79 Å². The van der Waals surface area contributed by atoms with Crippen LogP contribution in [0.5, 0.6) is 0 Å². The molecule has 0 radical (unpaired) electrons. The minimum Gasteiger partial charge on any atom is -0.322 e. The predicted octanol–water partition coefficient (Wildman–Crippen LogP) is 4.65. The van der Waals surface area contributed by atoms with Gasteiger partial charge in [0.15, 0.2) is 0 Å². The molecule has 0 bridgehead atoms. The lowest BCUT2D eigenvalue weighted by molar-refractivity contribution is 0.102. The van der Waals surface area contributed by atoms with Crippen molar-refractivity contribution in [1.29, 1.82) is 0 Å². The van der Waals surface area contributed by atoms with Crippen LogP contribution in [-0.4, -0.2) is 10.9 Å². The third kappa shape index (κ3) is 3.32. The molecule has 0 fully saturated rings. The molecule has 0 unspecified atom stereocenters. The van der Waals surface area contributed by atoms with Crippen molar-refractivity contribution in [3.63, 3.8) is 0 Å². The summed E-state index contributed by atoms with van der Waals surface area (Å²) in [5.41, 5.74) is 3.45. The van der Waals surface area contributed by atoms with Crippen LogP contribution in [0.1, 0.15) is 10.4 Å². The summed E-state index contributed by atoms with van der Waals surface area (Å²) in [5.74, 6) is -0.211. The third-order valence-electron chi connectivity index (χ3n) is 3.24. The van der Waals surface area contributed by atoms with E-state index in [0.29, 0.717) is 10.7 Å². The number of nitrogens with one attached hydrogen (secondary N) is 1. The SMILES string of the molecule is O=C(Nc1ccc(-c2ccccc2)cc1)c1ccc(Cl)nc1. The van der Waals surface area contributed by atoms with E-state index in [1.165, 1.54) is 6.20 Å². The van der Waals surface area contributed by atoms with Crippen molar-refractivity contribution in [2.45, 2.75) is 0 Å². The van der Waals surface area contributed by atoms with E-state index in [-0.39, 0.29) is 5.91 Å². The van der Waals surface area contributed by atoms with Gasteiger partial charge in [-0.1, -0.05) is 54.1 Å². The summed E-state index contributed by atoms with van der Waals surface area (Å²) < 4.78 is 0. The van der Waals surface area contributed by atoms with Gasteiger partial charge in [0.1, 0.15) is 5.15 Å². The van der Waals surface area contributed by atoms with Crippen molar-refractivity contribution < 1.29 is 4.79 Å². The molecule has 1 N–H and O–H groups in total. The predicted molar refractivity (Wildman–Crippen MR) is 89.1 cm³/mol. The van der Waals surface area contributed by atoms with Gasteiger partial charge in [-0.2, -0.15) is 0 Å². The molecule has 0 aliphatic rings. The molecule has 0 atom stereocenters. The Kier molecular flexibility index (Phi) is 4.17. The van der Waals surface area contributed by atoms with Crippen LogP contribution in [0.4, 0.5) is 5.69 Å². The van der Waals surface area contributed by atoms with Gasteiger partial charge in [0.05, 0.1) is 5.56 Å². The average Bonchev–Trinajstić information content (AvgIpc) is 2.57.